The molecule has 5 atom stereocenters. The topological polar surface area (TPSA) is 237 Å². The summed E-state index contributed by atoms with van der Waals surface area (Å²) in [5.41, 5.74) is 0. The molecule has 95 heavy (non-hydrogen) atoms. The summed E-state index contributed by atoms with van der Waals surface area (Å²) in [5.74, 6) is -0.582. The molecule has 0 aromatic carbocycles. The first-order valence-corrected chi connectivity index (χ1v) is 42.5. The van der Waals surface area contributed by atoms with Crippen molar-refractivity contribution < 1.29 is 80.2 Å². The Labute approximate surface area is 581 Å². The van der Waals surface area contributed by atoms with Crippen LogP contribution in [0.4, 0.5) is 0 Å². The van der Waals surface area contributed by atoms with Crippen molar-refractivity contribution in [2.24, 2.45) is 11.8 Å². The molecule has 3 N–H and O–H groups in total. The van der Waals surface area contributed by atoms with Crippen molar-refractivity contribution >= 4 is 39.5 Å². The van der Waals surface area contributed by atoms with Crippen LogP contribution in [0.5, 0.6) is 0 Å². The standard InChI is InChI=1S/C76H148O17P2/c1-7-9-11-13-15-17-18-19-20-21-22-23-28-31-36-42-48-54-60-75(80)92-72(65-87-74(79)59-53-47-41-35-30-27-25-24-26-29-33-38-44-50-56-68(3)4)67-91-95(84,85)89-63-70(77)62-88-94(82,83)90-66-71(64-86-73(78)58-52-46-40-16-14-12-10-8-2)93-76(81)61-55-49-43-37-32-34-39-45-51-57-69(5)6/h68-72,77H,7-67H2,1-6H3,(H,82,83)(H,84,85)/t70-,71+,72+/m0/s1. The van der Waals surface area contributed by atoms with Crippen LogP contribution in [0.3, 0.4) is 0 Å². The Morgan fingerprint density at radius 3 is 0.716 bits per heavy atom. The van der Waals surface area contributed by atoms with Gasteiger partial charge in [0.25, 0.3) is 0 Å². The lowest BCUT2D eigenvalue weighted by molar-refractivity contribution is -0.161. The van der Waals surface area contributed by atoms with Crippen LogP contribution in [0.25, 0.3) is 0 Å². The average molecular weight is 1400 g/mol. The van der Waals surface area contributed by atoms with Gasteiger partial charge in [0, 0.05) is 25.7 Å². The normalized spacial score (nSPS) is 14.0. The van der Waals surface area contributed by atoms with Crippen LogP contribution in [0.1, 0.15) is 395 Å². The van der Waals surface area contributed by atoms with Crippen LogP contribution >= 0.6 is 15.6 Å². The molecule has 17 nitrogen and oxygen atoms in total. The zero-order chi connectivity index (χ0) is 70.0. The summed E-state index contributed by atoms with van der Waals surface area (Å²) in [7, 11) is -9.91. The molecule has 2 unspecified atom stereocenters. The van der Waals surface area contributed by atoms with E-state index in [2.05, 4.69) is 41.5 Å². The molecule has 0 radical (unpaired) electrons. The van der Waals surface area contributed by atoms with Gasteiger partial charge in [0.2, 0.25) is 0 Å². The zero-order valence-electron chi connectivity index (χ0n) is 62.0. The van der Waals surface area contributed by atoms with Gasteiger partial charge in [-0.25, -0.2) is 9.13 Å². The highest BCUT2D eigenvalue weighted by Gasteiger charge is 2.30. The van der Waals surface area contributed by atoms with Crippen LogP contribution in [0, 0.1) is 11.8 Å². The minimum Gasteiger partial charge on any atom is -0.462 e. The van der Waals surface area contributed by atoms with Crippen LogP contribution < -0.4 is 0 Å². The zero-order valence-corrected chi connectivity index (χ0v) is 63.8. The number of unbranched alkanes of at least 4 members (excludes halogenated alkanes) is 45. The minimum absolute atomic E-state index is 0.105. The van der Waals surface area contributed by atoms with E-state index in [1.807, 2.05) is 0 Å². The molecule has 0 saturated heterocycles. The van der Waals surface area contributed by atoms with Gasteiger partial charge in [-0.2, -0.15) is 0 Å². The average Bonchev–Trinajstić information content (AvgIpc) is 2.23. The van der Waals surface area contributed by atoms with E-state index in [0.29, 0.717) is 25.7 Å². The van der Waals surface area contributed by atoms with E-state index >= 15 is 0 Å². The van der Waals surface area contributed by atoms with Gasteiger partial charge in [0.15, 0.2) is 12.2 Å². The van der Waals surface area contributed by atoms with E-state index in [1.165, 1.54) is 205 Å². The van der Waals surface area contributed by atoms with Crippen LogP contribution in [-0.4, -0.2) is 96.7 Å². The molecule has 0 rings (SSSR count). The molecular weight excluding hydrogens is 1250 g/mol. The van der Waals surface area contributed by atoms with Gasteiger partial charge in [-0.05, 0) is 37.5 Å². The van der Waals surface area contributed by atoms with Gasteiger partial charge in [0.1, 0.15) is 19.3 Å². The van der Waals surface area contributed by atoms with E-state index in [9.17, 15) is 43.2 Å². The van der Waals surface area contributed by atoms with Crippen molar-refractivity contribution in [1.29, 1.82) is 0 Å². The number of phosphoric acid groups is 2. The summed E-state index contributed by atoms with van der Waals surface area (Å²) in [4.78, 5) is 72.7. The minimum atomic E-state index is -4.96. The van der Waals surface area contributed by atoms with Crippen molar-refractivity contribution in [3.63, 3.8) is 0 Å². The van der Waals surface area contributed by atoms with E-state index in [0.717, 1.165) is 108 Å². The third-order valence-corrected chi connectivity index (χ3v) is 19.6. The molecule has 0 bridgehead atoms. The summed E-state index contributed by atoms with van der Waals surface area (Å²) in [6.45, 7) is 9.57. The highest BCUT2D eigenvalue weighted by Crippen LogP contribution is 2.45. The molecule has 0 spiro atoms. The van der Waals surface area contributed by atoms with Crippen molar-refractivity contribution in [3.8, 4) is 0 Å². The van der Waals surface area contributed by atoms with Gasteiger partial charge < -0.3 is 33.8 Å². The molecule has 19 heteroatoms. The molecule has 0 aliphatic rings. The molecule has 0 aromatic heterocycles. The molecule has 0 aliphatic carbocycles. The summed E-state index contributed by atoms with van der Waals surface area (Å²) in [6, 6.07) is 0. The Bertz CT molecular complexity index is 1840. The lowest BCUT2D eigenvalue weighted by Gasteiger charge is -2.21. The van der Waals surface area contributed by atoms with Gasteiger partial charge in [0.05, 0.1) is 26.4 Å². The molecule has 0 fully saturated rings. The third kappa shape index (κ3) is 70.3. The molecule has 0 aliphatic heterocycles. The molecule has 0 heterocycles. The third-order valence-electron chi connectivity index (χ3n) is 17.7. The Hall–Kier alpha value is -1.94. The van der Waals surface area contributed by atoms with E-state index in [4.69, 9.17) is 37.0 Å². The Balaban J connectivity index is 5.21. The fourth-order valence-corrected chi connectivity index (χ4v) is 13.2. The molecule has 564 valence electrons. The molecular formula is C76H148O17P2. The number of aliphatic hydroxyl groups excluding tert-OH is 1. The van der Waals surface area contributed by atoms with Crippen LogP contribution in [-0.2, 0) is 65.4 Å². The Morgan fingerprint density at radius 2 is 0.484 bits per heavy atom. The Morgan fingerprint density at radius 1 is 0.284 bits per heavy atom. The number of rotatable bonds is 75. The van der Waals surface area contributed by atoms with Gasteiger partial charge in [-0.1, -0.05) is 343 Å². The van der Waals surface area contributed by atoms with E-state index < -0.39 is 97.5 Å². The van der Waals surface area contributed by atoms with Crippen molar-refractivity contribution in [2.75, 3.05) is 39.6 Å². The first-order valence-electron chi connectivity index (χ1n) is 39.5. The van der Waals surface area contributed by atoms with Crippen molar-refractivity contribution in [3.05, 3.63) is 0 Å². The van der Waals surface area contributed by atoms with Crippen LogP contribution in [0.2, 0.25) is 0 Å². The first-order chi connectivity index (χ1) is 45.9. The largest absolute Gasteiger partial charge is 0.472 e. The van der Waals surface area contributed by atoms with Crippen molar-refractivity contribution in [1.82, 2.24) is 0 Å². The highest BCUT2D eigenvalue weighted by molar-refractivity contribution is 7.47. The smallest absolute Gasteiger partial charge is 0.462 e. The second kappa shape index (κ2) is 67.9. The van der Waals surface area contributed by atoms with E-state index in [-0.39, 0.29) is 25.7 Å². The number of esters is 4. The highest BCUT2D eigenvalue weighted by atomic mass is 31.2. The maximum absolute atomic E-state index is 13.1. The number of aliphatic hydroxyl groups is 1. The van der Waals surface area contributed by atoms with E-state index in [1.54, 1.807) is 0 Å². The van der Waals surface area contributed by atoms with Gasteiger partial charge in [-0.15, -0.1) is 0 Å². The van der Waals surface area contributed by atoms with Gasteiger partial charge in [-0.3, -0.25) is 37.3 Å². The second-order valence-electron chi connectivity index (χ2n) is 28.3. The fourth-order valence-electron chi connectivity index (χ4n) is 11.7. The molecule has 0 saturated carbocycles. The predicted octanol–water partition coefficient (Wildman–Crippen LogP) is 22.3. The summed E-state index contributed by atoms with van der Waals surface area (Å²) in [5, 5.41) is 10.6. The second-order valence-corrected chi connectivity index (χ2v) is 31.3. The number of carbonyl (C=O) groups is 4. The number of hydrogen-bond donors (Lipinski definition) is 3. The molecule has 0 amide bonds. The van der Waals surface area contributed by atoms with Gasteiger partial charge >= 0.3 is 39.5 Å². The van der Waals surface area contributed by atoms with Crippen LogP contribution in [0.15, 0.2) is 0 Å². The first kappa shape index (κ1) is 93.1. The summed E-state index contributed by atoms with van der Waals surface area (Å²) in [6.07, 6.45) is 55.6. The monoisotopic (exact) mass is 1400 g/mol. The predicted molar refractivity (Wildman–Crippen MR) is 386 cm³/mol. The maximum atomic E-state index is 13.1. The number of phosphoric ester groups is 2. The molecule has 0 aromatic rings. The fraction of sp³-hybridized carbons (Fsp3) is 0.947. The number of carbonyl (C=O) groups excluding carboxylic acids is 4. The lowest BCUT2D eigenvalue weighted by atomic mass is 10.0. The maximum Gasteiger partial charge on any atom is 0.472 e. The van der Waals surface area contributed by atoms with Crippen molar-refractivity contribution in [2.45, 2.75) is 413 Å². The SMILES string of the molecule is CCCCCCCCCCCCCCCCCCCCC(=O)O[C@H](COC(=O)CCCCCCCCCCCCCCCCC(C)C)COP(=O)(O)OC[C@@H](O)COP(=O)(O)OC[C@@H](COC(=O)CCCCCCCCCC)OC(=O)CCCCCCCCCCCC(C)C. The Kier molecular flexibility index (Phi) is 66.5. The quantitative estimate of drug-likeness (QED) is 0.0222. The summed E-state index contributed by atoms with van der Waals surface area (Å²) < 4.78 is 68.5. The number of hydrogen-bond acceptors (Lipinski definition) is 15. The summed E-state index contributed by atoms with van der Waals surface area (Å²) >= 11 is 0. The lowest BCUT2D eigenvalue weighted by Crippen LogP contribution is -2.30. The number of ether oxygens (including phenoxy) is 4.